The third-order valence-electron chi connectivity index (χ3n) is 4.25. The van der Waals surface area contributed by atoms with E-state index in [2.05, 4.69) is 38.1 Å². The van der Waals surface area contributed by atoms with Gasteiger partial charge in [0, 0.05) is 10.4 Å². The summed E-state index contributed by atoms with van der Waals surface area (Å²) in [5.41, 5.74) is 5.32. The number of hydrogen-bond acceptors (Lipinski definition) is 2. The number of hydrogen-bond donors (Lipinski definition) is 0. The molecule has 4 rings (SSSR count). The van der Waals surface area contributed by atoms with Crippen molar-refractivity contribution in [2.45, 2.75) is 13.8 Å². The Kier molecular flexibility index (Phi) is 5.14. The van der Waals surface area contributed by atoms with Crippen LogP contribution in [0.15, 0.2) is 78.9 Å². The minimum atomic E-state index is 0. The van der Waals surface area contributed by atoms with E-state index in [0.29, 0.717) is 5.82 Å². The van der Waals surface area contributed by atoms with Gasteiger partial charge in [0.15, 0.2) is 5.69 Å². The molecule has 0 fully saturated rings. The molecule has 0 saturated heterocycles. The quantitative estimate of drug-likeness (QED) is 0.506. The van der Waals surface area contributed by atoms with E-state index in [4.69, 9.17) is 10.2 Å². The van der Waals surface area contributed by atoms with Gasteiger partial charge in [0.05, 0.1) is 10.7 Å². The van der Waals surface area contributed by atoms with Crippen LogP contribution in [0.5, 0.6) is 0 Å². The Bertz CT molecular complexity index is 962. The molecule has 1 aromatic heterocycles. The van der Waals surface area contributed by atoms with Crippen LogP contribution in [0, 0.1) is 13.8 Å². The highest BCUT2D eigenvalue weighted by Gasteiger charge is 2.24. The van der Waals surface area contributed by atoms with Crippen LogP contribution in [0.4, 0.5) is 0 Å². The van der Waals surface area contributed by atoms with Crippen molar-refractivity contribution < 1.29 is 17.2 Å². The van der Waals surface area contributed by atoms with Crippen molar-refractivity contribution in [3.63, 3.8) is 0 Å². The van der Waals surface area contributed by atoms with E-state index < -0.39 is 0 Å². The molecule has 0 N–H and O–H groups in total. The van der Waals surface area contributed by atoms with Crippen molar-refractivity contribution in [3.05, 3.63) is 90.0 Å². The number of para-hydroxylation sites is 2. The van der Waals surface area contributed by atoms with Gasteiger partial charge < -0.3 is 12.4 Å². The summed E-state index contributed by atoms with van der Waals surface area (Å²) in [6.45, 7) is 4.17. The lowest BCUT2D eigenvalue weighted by Crippen LogP contribution is -3.00. The van der Waals surface area contributed by atoms with Crippen LogP contribution in [0.25, 0.3) is 22.8 Å². The van der Waals surface area contributed by atoms with E-state index in [1.807, 2.05) is 64.2 Å². The molecule has 0 aliphatic carbocycles. The van der Waals surface area contributed by atoms with Crippen LogP contribution >= 0.6 is 0 Å². The molecule has 0 aliphatic heterocycles. The molecule has 3 aromatic carbocycles. The maximum atomic E-state index is 4.80. The summed E-state index contributed by atoms with van der Waals surface area (Å²) in [6, 6.07) is 26.5. The van der Waals surface area contributed by atoms with E-state index in [1.165, 1.54) is 0 Å². The summed E-state index contributed by atoms with van der Waals surface area (Å²) in [4.78, 5) is 3.75. The van der Waals surface area contributed by atoms with Crippen molar-refractivity contribution in [1.29, 1.82) is 0 Å². The van der Waals surface area contributed by atoms with Crippen molar-refractivity contribution in [3.8, 4) is 22.8 Å². The van der Waals surface area contributed by atoms with Crippen molar-refractivity contribution >= 4 is 0 Å². The largest absolute Gasteiger partial charge is 1.00 e. The molecule has 0 amide bonds. The maximum Gasteiger partial charge on any atom is 0.340 e. The fraction of sp³-hybridized carbons (Fsp3) is 0.0952. The van der Waals surface area contributed by atoms with Gasteiger partial charge in [-0.3, -0.25) is 0 Å². The zero-order valence-corrected chi connectivity index (χ0v) is 15.4. The van der Waals surface area contributed by atoms with Gasteiger partial charge in [0.2, 0.25) is 0 Å². The summed E-state index contributed by atoms with van der Waals surface area (Å²) in [7, 11) is 0. The number of aryl methyl sites for hydroxylation is 2. The predicted octanol–water partition coefficient (Wildman–Crippen LogP) is 0.832. The molecule has 4 nitrogen and oxygen atoms in total. The van der Waals surface area contributed by atoms with Gasteiger partial charge in [-0.15, -0.1) is 0 Å². The molecular formula is C21H19ClN4. The van der Waals surface area contributed by atoms with Crippen LogP contribution in [-0.2, 0) is 0 Å². The smallest absolute Gasteiger partial charge is 0.340 e. The number of aromatic nitrogens is 4. The Labute approximate surface area is 159 Å². The Hall–Kier alpha value is -2.98. The number of nitrogens with zero attached hydrogens (tertiary/aromatic N) is 4. The second kappa shape index (κ2) is 7.50. The lowest BCUT2D eigenvalue weighted by molar-refractivity contribution is -0.734. The summed E-state index contributed by atoms with van der Waals surface area (Å²) in [6.07, 6.45) is 0. The highest BCUT2D eigenvalue weighted by atomic mass is 35.5. The second-order valence-electron chi connectivity index (χ2n) is 6.04. The highest BCUT2D eigenvalue weighted by molar-refractivity contribution is 5.53. The first kappa shape index (κ1) is 17.8. The van der Waals surface area contributed by atoms with Crippen molar-refractivity contribution in [2.24, 2.45) is 0 Å². The number of tetrazole rings is 1. The molecule has 0 bridgehead atoms. The van der Waals surface area contributed by atoms with Crippen LogP contribution in [-0.4, -0.2) is 15.0 Å². The van der Waals surface area contributed by atoms with Gasteiger partial charge in [-0.05, 0) is 53.6 Å². The molecule has 0 unspecified atom stereocenters. The standard InChI is InChI=1S/C21H19N4.ClH/c1-16-10-6-8-14-19(16)24-22-21(18-12-4-3-5-13-18)23-25(24)20-15-9-7-11-17(20)2;/h3-15H,1-2H3;1H/q+1;/p-1. The SMILES string of the molecule is Cc1ccccc1-n1nc(-c2ccccc2)n[n+]1-c1ccccc1C.[Cl-]. The highest BCUT2D eigenvalue weighted by Crippen LogP contribution is 2.17. The molecule has 0 atom stereocenters. The van der Waals surface area contributed by atoms with Gasteiger partial charge in [0.25, 0.3) is 0 Å². The molecule has 130 valence electrons. The molecule has 4 aromatic rings. The first-order chi connectivity index (χ1) is 12.2. The lowest BCUT2D eigenvalue weighted by Gasteiger charge is -2.04. The summed E-state index contributed by atoms with van der Waals surface area (Å²) in [5.74, 6) is 0.701. The molecule has 0 saturated carbocycles. The van der Waals surface area contributed by atoms with Gasteiger partial charge >= 0.3 is 5.82 Å². The Morgan fingerprint density at radius 1 is 0.731 bits per heavy atom. The third-order valence-corrected chi connectivity index (χ3v) is 4.25. The van der Waals surface area contributed by atoms with Gasteiger partial charge in [-0.25, -0.2) is 0 Å². The van der Waals surface area contributed by atoms with E-state index in [1.54, 1.807) is 0 Å². The molecule has 0 aliphatic rings. The second-order valence-corrected chi connectivity index (χ2v) is 6.04. The number of rotatable bonds is 3. The molecule has 26 heavy (non-hydrogen) atoms. The van der Waals surface area contributed by atoms with E-state index >= 15 is 0 Å². The number of halogens is 1. The Morgan fingerprint density at radius 2 is 1.35 bits per heavy atom. The molecule has 0 radical (unpaired) electrons. The number of benzene rings is 3. The topological polar surface area (TPSA) is 34.6 Å². The van der Waals surface area contributed by atoms with E-state index in [-0.39, 0.29) is 12.4 Å². The van der Waals surface area contributed by atoms with Crippen LogP contribution in [0.3, 0.4) is 0 Å². The third kappa shape index (κ3) is 3.24. The first-order valence-electron chi connectivity index (χ1n) is 8.31. The monoisotopic (exact) mass is 362 g/mol. The zero-order valence-electron chi connectivity index (χ0n) is 14.7. The first-order valence-corrected chi connectivity index (χ1v) is 8.31. The van der Waals surface area contributed by atoms with Gasteiger partial charge in [0.1, 0.15) is 5.69 Å². The maximum absolute atomic E-state index is 4.80. The molecule has 0 spiro atoms. The average Bonchev–Trinajstić information content (AvgIpc) is 3.08. The molecular weight excluding hydrogens is 344 g/mol. The fourth-order valence-corrected chi connectivity index (χ4v) is 2.87. The van der Waals surface area contributed by atoms with Gasteiger partial charge in [-0.2, -0.15) is 0 Å². The Morgan fingerprint density at radius 3 is 2.04 bits per heavy atom. The normalized spacial score (nSPS) is 10.4. The zero-order chi connectivity index (χ0) is 17.2. The molecule has 5 heteroatoms. The minimum absolute atomic E-state index is 0. The average molecular weight is 363 g/mol. The minimum Gasteiger partial charge on any atom is -1.00 e. The summed E-state index contributed by atoms with van der Waals surface area (Å²) in [5, 5.41) is 9.60. The van der Waals surface area contributed by atoms with Crippen LogP contribution in [0.2, 0.25) is 0 Å². The van der Waals surface area contributed by atoms with Gasteiger partial charge in [-0.1, -0.05) is 54.6 Å². The molecule has 1 heterocycles. The Balaban J connectivity index is 0.00000196. The fourth-order valence-electron chi connectivity index (χ4n) is 2.87. The van der Waals surface area contributed by atoms with Crippen molar-refractivity contribution in [2.75, 3.05) is 0 Å². The predicted molar refractivity (Wildman–Crippen MR) is 97.8 cm³/mol. The van der Waals surface area contributed by atoms with E-state index in [9.17, 15) is 0 Å². The van der Waals surface area contributed by atoms with Crippen LogP contribution < -0.4 is 17.2 Å². The summed E-state index contributed by atoms with van der Waals surface area (Å²) < 4.78 is 0. The van der Waals surface area contributed by atoms with Crippen molar-refractivity contribution in [1.82, 2.24) is 15.0 Å². The summed E-state index contributed by atoms with van der Waals surface area (Å²) >= 11 is 0. The van der Waals surface area contributed by atoms with E-state index in [0.717, 1.165) is 28.1 Å². The lowest BCUT2D eigenvalue weighted by atomic mass is 10.2. The van der Waals surface area contributed by atoms with Crippen LogP contribution in [0.1, 0.15) is 11.1 Å².